The lowest BCUT2D eigenvalue weighted by molar-refractivity contribution is -0.143. The van der Waals surface area contributed by atoms with E-state index < -0.39 is 6.04 Å². The van der Waals surface area contributed by atoms with Gasteiger partial charge in [-0.3, -0.25) is 14.3 Å². The fourth-order valence-corrected chi connectivity index (χ4v) is 3.01. The van der Waals surface area contributed by atoms with Gasteiger partial charge in [0.25, 0.3) is 0 Å². The molecule has 0 aliphatic carbocycles. The van der Waals surface area contributed by atoms with Crippen LogP contribution < -0.4 is 10.6 Å². The van der Waals surface area contributed by atoms with Crippen LogP contribution in [-0.2, 0) is 27.9 Å². The first-order valence-electron chi connectivity index (χ1n) is 8.73. The molecule has 9 heteroatoms. The molecule has 0 bridgehead atoms. The molecular formula is C19H24ClN5O3. The number of nitrogens with one attached hydrogen (secondary N) is 2. The fraction of sp³-hybridized carbons (Fsp3) is 0.316. The normalized spacial score (nSPS) is 11.7. The van der Waals surface area contributed by atoms with Gasteiger partial charge in [-0.2, -0.15) is 5.10 Å². The van der Waals surface area contributed by atoms with Crippen LogP contribution in [-0.4, -0.2) is 39.9 Å². The van der Waals surface area contributed by atoms with Gasteiger partial charge in [0.2, 0.25) is 5.91 Å². The van der Waals surface area contributed by atoms with E-state index in [1.807, 2.05) is 42.1 Å². The number of rotatable bonds is 7. The number of carbonyl (C=O) groups is 2. The van der Waals surface area contributed by atoms with E-state index in [-0.39, 0.29) is 30.8 Å². The van der Waals surface area contributed by atoms with Crippen molar-refractivity contribution in [1.82, 2.24) is 19.7 Å². The van der Waals surface area contributed by atoms with Gasteiger partial charge in [-0.05, 0) is 38.2 Å². The molecule has 2 N–H and O–H groups in total. The molecule has 0 fully saturated rings. The first-order chi connectivity index (χ1) is 13.0. The zero-order valence-corrected chi connectivity index (χ0v) is 16.8. The summed E-state index contributed by atoms with van der Waals surface area (Å²) in [6, 6.07) is 6.98. The Morgan fingerprint density at radius 2 is 2.07 bits per heavy atom. The maximum absolute atomic E-state index is 12.6. The minimum absolute atomic E-state index is 0. The van der Waals surface area contributed by atoms with Gasteiger partial charge in [0.15, 0.2) is 0 Å². The number of ether oxygens (including phenoxy) is 1. The minimum atomic E-state index is -0.497. The zero-order valence-electron chi connectivity index (χ0n) is 16.0. The number of aromatic nitrogens is 3. The van der Waals surface area contributed by atoms with Gasteiger partial charge in [-0.25, -0.2) is 0 Å². The van der Waals surface area contributed by atoms with Crippen LogP contribution in [0.4, 0.5) is 5.69 Å². The van der Waals surface area contributed by atoms with E-state index in [4.69, 9.17) is 4.74 Å². The Morgan fingerprint density at radius 3 is 2.71 bits per heavy atom. The summed E-state index contributed by atoms with van der Waals surface area (Å²) >= 11 is 0. The first-order valence-corrected chi connectivity index (χ1v) is 8.73. The molecule has 150 valence electrons. The molecule has 0 spiro atoms. The summed E-state index contributed by atoms with van der Waals surface area (Å²) in [5.74, 6) is -0.448. The van der Waals surface area contributed by atoms with Crippen molar-refractivity contribution in [3.8, 4) is 0 Å². The van der Waals surface area contributed by atoms with Gasteiger partial charge < -0.3 is 19.9 Å². The Balaban J connectivity index is 0.00000280. The van der Waals surface area contributed by atoms with Crippen LogP contribution in [0.1, 0.15) is 18.5 Å². The molecule has 1 unspecified atom stereocenters. The molecule has 0 saturated heterocycles. The largest absolute Gasteiger partial charge is 0.465 e. The number of carbonyl (C=O) groups excluding carboxylic acids is 2. The lowest BCUT2D eigenvalue weighted by Gasteiger charge is -2.14. The Hall–Kier alpha value is -2.84. The number of hydrogen-bond donors (Lipinski definition) is 2. The van der Waals surface area contributed by atoms with Crippen LogP contribution in [0, 0.1) is 0 Å². The van der Waals surface area contributed by atoms with Crippen molar-refractivity contribution in [1.29, 1.82) is 0 Å². The molecule has 28 heavy (non-hydrogen) atoms. The third-order valence-electron chi connectivity index (χ3n) is 4.25. The number of likely N-dealkylation sites (N-methyl/N-ethyl adjacent to an activating group) is 1. The monoisotopic (exact) mass is 405 g/mol. The van der Waals surface area contributed by atoms with E-state index in [1.54, 1.807) is 31.0 Å². The third kappa shape index (κ3) is 4.71. The Bertz CT molecular complexity index is 966. The van der Waals surface area contributed by atoms with Crippen molar-refractivity contribution in [3.63, 3.8) is 0 Å². The quantitative estimate of drug-likeness (QED) is 0.588. The average Bonchev–Trinajstić information content (AvgIpc) is 3.22. The first kappa shape index (κ1) is 21.5. The second-order valence-electron chi connectivity index (χ2n) is 6.18. The highest BCUT2D eigenvalue weighted by molar-refractivity contribution is 5.97. The highest BCUT2D eigenvalue weighted by Gasteiger charge is 2.20. The molecule has 0 aliphatic heterocycles. The number of hydrogen-bond acceptors (Lipinski definition) is 5. The van der Waals surface area contributed by atoms with Gasteiger partial charge in [-0.1, -0.05) is 0 Å². The number of nitrogens with zero attached hydrogens (tertiary/aromatic N) is 3. The molecule has 0 aliphatic rings. The van der Waals surface area contributed by atoms with E-state index in [1.165, 1.54) is 0 Å². The van der Waals surface area contributed by atoms with Gasteiger partial charge >= 0.3 is 5.97 Å². The average molecular weight is 406 g/mol. The summed E-state index contributed by atoms with van der Waals surface area (Å²) in [6.07, 6.45) is 5.30. The summed E-state index contributed by atoms with van der Waals surface area (Å²) in [6.45, 7) is 2.30. The Morgan fingerprint density at radius 1 is 1.29 bits per heavy atom. The van der Waals surface area contributed by atoms with E-state index in [0.717, 1.165) is 16.5 Å². The number of benzene rings is 1. The molecule has 2 heterocycles. The highest BCUT2D eigenvalue weighted by Crippen LogP contribution is 2.22. The van der Waals surface area contributed by atoms with E-state index in [9.17, 15) is 9.59 Å². The van der Waals surface area contributed by atoms with Gasteiger partial charge in [0.05, 0.1) is 12.8 Å². The van der Waals surface area contributed by atoms with Crippen LogP contribution in [0.3, 0.4) is 0 Å². The second-order valence-corrected chi connectivity index (χ2v) is 6.18. The molecular weight excluding hydrogens is 382 g/mol. The van der Waals surface area contributed by atoms with E-state index in [0.29, 0.717) is 12.3 Å². The van der Waals surface area contributed by atoms with Crippen LogP contribution >= 0.6 is 12.4 Å². The predicted octanol–water partition coefficient (Wildman–Crippen LogP) is 2.26. The molecule has 0 saturated carbocycles. The van der Waals surface area contributed by atoms with Crippen molar-refractivity contribution < 1.29 is 14.3 Å². The summed E-state index contributed by atoms with van der Waals surface area (Å²) < 4.78 is 8.47. The molecule has 2 aromatic heterocycles. The molecule has 1 aromatic carbocycles. The molecule has 1 atom stereocenters. The molecule has 8 nitrogen and oxygen atoms in total. The number of esters is 1. The number of amides is 1. The lowest BCUT2D eigenvalue weighted by Crippen LogP contribution is -2.30. The van der Waals surface area contributed by atoms with E-state index in [2.05, 4.69) is 15.7 Å². The molecule has 0 radical (unpaired) electrons. The van der Waals surface area contributed by atoms with Gasteiger partial charge in [-0.15, -0.1) is 12.4 Å². The second kappa shape index (κ2) is 9.38. The van der Waals surface area contributed by atoms with Crippen molar-refractivity contribution in [2.75, 3.05) is 19.0 Å². The number of anilines is 1. The summed E-state index contributed by atoms with van der Waals surface area (Å²) in [7, 11) is 3.54. The van der Waals surface area contributed by atoms with E-state index >= 15 is 0 Å². The minimum Gasteiger partial charge on any atom is -0.465 e. The molecule has 3 aromatic rings. The van der Waals surface area contributed by atoms with Crippen molar-refractivity contribution in [2.24, 2.45) is 7.05 Å². The number of fused-ring (bicyclic) bond motifs is 1. The fourth-order valence-electron chi connectivity index (χ4n) is 3.01. The summed E-state index contributed by atoms with van der Waals surface area (Å²) in [4.78, 5) is 24.3. The molecule has 1 amide bonds. The van der Waals surface area contributed by atoms with Crippen molar-refractivity contribution in [2.45, 2.75) is 19.5 Å². The van der Waals surface area contributed by atoms with Gasteiger partial charge in [0.1, 0.15) is 12.6 Å². The SMILES string of the molecule is CCOC(=O)Cn1ccc2cc(NC(=O)C(NC)c3cnn(C)c3)ccc21.Cl. The van der Waals surface area contributed by atoms with Crippen LogP contribution in [0.2, 0.25) is 0 Å². The van der Waals surface area contributed by atoms with Crippen molar-refractivity contribution >= 4 is 40.9 Å². The topological polar surface area (TPSA) is 90.2 Å². The predicted molar refractivity (Wildman–Crippen MR) is 109 cm³/mol. The Kier molecular flexibility index (Phi) is 7.19. The highest BCUT2D eigenvalue weighted by atomic mass is 35.5. The smallest absolute Gasteiger partial charge is 0.325 e. The summed E-state index contributed by atoms with van der Waals surface area (Å²) in [5.41, 5.74) is 2.38. The number of halogens is 1. The maximum Gasteiger partial charge on any atom is 0.325 e. The standard InChI is InChI=1S/C19H23N5O3.ClH/c1-4-27-17(25)12-24-8-7-13-9-15(5-6-16(13)24)22-19(26)18(20-2)14-10-21-23(3)11-14;/h5-11,18,20H,4,12H2,1-3H3,(H,22,26);1H. The molecule has 3 rings (SSSR count). The lowest BCUT2D eigenvalue weighted by atomic mass is 10.1. The maximum atomic E-state index is 12.6. The zero-order chi connectivity index (χ0) is 19.4. The Labute approximate surface area is 169 Å². The van der Waals surface area contributed by atoms with Gasteiger partial charge in [0, 0.05) is 41.6 Å². The van der Waals surface area contributed by atoms with Crippen LogP contribution in [0.25, 0.3) is 10.9 Å². The summed E-state index contributed by atoms with van der Waals surface area (Å²) in [5, 5.41) is 11.0. The number of aryl methyl sites for hydroxylation is 1. The van der Waals surface area contributed by atoms with Crippen molar-refractivity contribution in [3.05, 3.63) is 48.4 Å². The third-order valence-corrected chi connectivity index (χ3v) is 4.25. The van der Waals surface area contributed by atoms with Crippen LogP contribution in [0.5, 0.6) is 0 Å². The van der Waals surface area contributed by atoms with Crippen LogP contribution in [0.15, 0.2) is 42.9 Å².